The minimum absolute atomic E-state index is 0.0163. The first-order chi connectivity index (χ1) is 14.9. The fourth-order valence-corrected chi connectivity index (χ4v) is 8.18. The van der Waals surface area contributed by atoms with Crippen molar-refractivity contribution in [3.05, 3.63) is 58.6 Å². The highest BCUT2D eigenvalue weighted by Gasteiger charge is 2.27. The van der Waals surface area contributed by atoms with Gasteiger partial charge in [-0.2, -0.15) is 0 Å². The Morgan fingerprint density at radius 1 is 1.32 bits per heavy atom. The quantitative estimate of drug-likeness (QED) is 0.342. The maximum Gasteiger partial charge on any atom is 0.303 e. The zero-order valence-corrected chi connectivity index (χ0v) is 19.7. The number of hydrogen-bond acceptors (Lipinski definition) is 6. The first-order valence-corrected chi connectivity index (χ1v) is 13.4. The summed E-state index contributed by atoms with van der Waals surface area (Å²) in [6.45, 7) is 0. The summed E-state index contributed by atoms with van der Waals surface area (Å²) in [7, 11) is 0.456. The van der Waals surface area contributed by atoms with Gasteiger partial charge < -0.3 is 24.4 Å². The molecule has 1 aliphatic rings. The number of carbonyl (C=O) groups is 1. The Morgan fingerprint density at radius 3 is 2.87 bits per heavy atom. The normalized spacial score (nSPS) is 16.8. The zero-order chi connectivity index (χ0) is 22.0. The lowest BCUT2D eigenvalue weighted by Gasteiger charge is -2.34. The van der Waals surface area contributed by atoms with Crippen LogP contribution in [0.2, 0.25) is 0 Å². The van der Waals surface area contributed by atoms with E-state index >= 15 is 0 Å². The lowest BCUT2D eigenvalue weighted by Crippen LogP contribution is -2.36. The molecule has 31 heavy (non-hydrogen) atoms. The fraction of sp³-hybridized carbons (Fsp3) is 0.286. The number of carboxylic acid groups (broad SMARTS) is 1. The van der Waals surface area contributed by atoms with E-state index in [1.54, 1.807) is 18.9 Å². The van der Waals surface area contributed by atoms with E-state index in [-0.39, 0.29) is 17.7 Å². The molecule has 10 heteroatoms. The lowest BCUT2D eigenvalue weighted by atomic mass is 10.2. The molecule has 7 nitrogen and oxygen atoms in total. The van der Waals surface area contributed by atoms with E-state index in [0.717, 1.165) is 32.2 Å². The number of H-pyrrole nitrogens is 1. The van der Waals surface area contributed by atoms with Gasteiger partial charge in [0.25, 0.3) is 0 Å². The number of methoxy groups -OCH3 is 1. The van der Waals surface area contributed by atoms with Gasteiger partial charge in [0.05, 0.1) is 21.8 Å². The van der Waals surface area contributed by atoms with Crippen molar-refractivity contribution >= 4 is 55.8 Å². The molecular weight excluding hydrogens is 454 g/mol. The van der Waals surface area contributed by atoms with Gasteiger partial charge in [0.2, 0.25) is 0 Å². The molecule has 0 amide bonds. The van der Waals surface area contributed by atoms with E-state index in [9.17, 15) is 9.00 Å². The summed E-state index contributed by atoms with van der Waals surface area (Å²) < 4.78 is 22.0. The third-order valence-corrected chi connectivity index (χ3v) is 10.7. The largest absolute Gasteiger partial charge is 0.481 e. The molecule has 3 heterocycles. The highest BCUT2D eigenvalue weighted by Crippen LogP contribution is 2.39. The number of aromatic amines is 1. The second-order valence-corrected chi connectivity index (χ2v) is 12.2. The van der Waals surface area contributed by atoms with Gasteiger partial charge in [-0.05, 0) is 35.4 Å². The molecule has 4 rings (SSSR count). The number of ether oxygens (including phenoxy) is 1. The van der Waals surface area contributed by atoms with Crippen LogP contribution in [0, 0.1) is 0 Å². The Bertz CT molecular complexity index is 1160. The van der Waals surface area contributed by atoms with Crippen LogP contribution in [0.3, 0.4) is 0 Å². The standard InChI is InChI=1S/C21H25N3O4S3/c1-24(31(27,13-28-2)19-7-4-10-29-19)17-6-3-5-14-11-16(23-20(14)17)21-22-15(12-30-21)8-9-18(25)26/h3-7,10-12,21-23,31H,8-9,13H2,1-2H3,(H,25,26). The molecule has 1 aromatic carbocycles. The number of rotatable bonds is 9. The number of thioether (sulfide) groups is 1. The highest BCUT2D eigenvalue weighted by atomic mass is 32.3. The van der Waals surface area contributed by atoms with Crippen LogP contribution in [-0.4, -0.2) is 40.4 Å². The number of aromatic nitrogens is 1. The van der Waals surface area contributed by atoms with E-state index in [1.165, 1.54) is 11.3 Å². The number of anilines is 1. The van der Waals surface area contributed by atoms with Gasteiger partial charge in [0.15, 0.2) is 0 Å². The smallest absolute Gasteiger partial charge is 0.303 e. The summed E-state index contributed by atoms with van der Waals surface area (Å²) in [5, 5.41) is 17.2. The van der Waals surface area contributed by atoms with Gasteiger partial charge in [-0.15, -0.1) is 23.1 Å². The Balaban J connectivity index is 1.63. The summed E-state index contributed by atoms with van der Waals surface area (Å²) in [5.74, 6) is -0.675. The summed E-state index contributed by atoms with van der Waals surface area (Å²) in [5.41, 5.74) is 3.67. The second kappa shape index (κ2) is 9.07. The molecule has 0 bridgehead atoms. The number of nitrogens with zero attached hydrogens (tertiary/aromatic N) is 1. The van der Waals surface area contributed by atoms with Crippen molar-refractivity contribution in [3.63, 3.8) is 0 Å². The molecule has 1 aliphatic heterocycles. The van der Waals surface area contributed by atoms with E-state index in [0.29, 0.717) is 6.42 Å². The van der Waals surface area contributed by atoms with Crippen LogP contribution in [0.25, 0.3) is 10.9 Å². The molecular formula is C21H25N3O4S3. The van der Waals surface area contributed by atoms with Crippen LogP contribution >= 0.6 is 23.1 Å². The number of allylic oxidation sites excluding steroid dienone is 1. The number of hydrogen-bond donors (Lipinski definition) is 4. The molecule has 0 aliphatic carbocycles. The van der Waals surface area contributed by atoms with Crippen LogP contribution in [0.1, 0.15) is 23.9 Å². The van der Waals surface area contributed by atoms with Gasteiger partial charge in [-0.1, -0.05) is 18.2 Å². The number of para-hydroxylation sites is 1. The van der Waals surface area contributed by atoms with E-state index in [1.807, 2.05) is 52.5 Å². The van der Waals surface area contributed by atoms with E-state index < -0.39 is 16.1 Å². The van der Waals surface area contributed by atoms with Gasteiger partial charge in [0.1, 0.15) is 11.3 Å². The monoisotopic (exact) mass is 479 g/mol. The predicted molar refractivity (Wildman–Crippen MR) is 129 cm³/mol. The van der Waals surface area contributed by atoms with Crippen LogP contribution in [0.4, 0.5) is 5.69 Å². The number of carboxylic acids is 1. The zero-order valence-electron chi connectivity index (χ0n) is 17.2. The van der Waals surface area contributed by atoms with Gasteiger partial charge in [-0.25, -0.2) is 0 Å². The van der Waals surface area contributed by atoms with Crippen molar-refractivity contribution in [2.24, 2.45) is 0 Å². The molecule has 3 N–H and O–H groups in total. The number of nitrogens with one attached hydrogen (secondary N) is 2. The van der Waals surface area contributed by atoms with Crippen molar-refractivity contribution < 1.29 is 18.8 Å². The maximum absolute atomic E-state index is 14.0. The molecule has 3 aromatic rings. The van der Waals surface area contributed by atoms with E-state index in [4.69, 9.17) is 9.84 Å². The molecule has 0 radical (unpaired) electrons. The predicted octanol–water partition coefficient (Wildman–Crippen LogP) is 4.30. The third-order valence-electron chi connectivity index (χ3n) is 5.20. The Morgan fingerprint density at radius 2 is 2.16 bits per heavy atom. The maximum atomic E-state index is 14.0. The van der Waals surface area contributed by atoms with Gasteiger partial charge in [-0.3, -0.25) is 9.00 Å². The molecule has 2 aromatic heterocycles. The first kappa shape index (κ1) is 21.9. The average molecular weight is 480 g/mol. The first-order valence-electron chi connectivity index (χ1n) is 9.73. The van der Waals surface area contributed by atoms with Crippen molar-refractivity contribution in [2.75, 3.05) is 24.4 Å². The topological polar surface area (TPSA) is 94.7 Å². The Labute approximate surface area is 190 Å². The molecule has 166 valence electrons. The summed E-state index contributed by atoms with van der Waals surface area (Å²) in [4.78, 5) is 14.3. The third kappa shape index (κ3) is 4.38. The summed E-state index contributed by atoms with van der Waals surface area (Å²) in [6, 6.07) is 11.8. The van der Waals surface area contributed by atoms with Crippen molar-refractivity contribution in [1.82, 2.24) is 10.3 Å². The van der Waals surface area contributed by atoms with Crippen molar-refractivity contribution in [3.8, 4) is 0 Å². The molecule has 0 saturated heterocycles. The van der Waals surface area contributed by atoms with Crippen molar-refractivity contribution in [1.29, 1.82) is 0 Å². The van der Waals surface area contributed by atoms with Gasteiger partial charge in [0, 0.05) is 41.1 Å². The van der Waals surface area contributed by atoms with Gasteiger partial charge >= 0.3 is 5.97 Å². The minimum Gasteiger partial charge on any atom is -0.481 e. The minimum atomic E-state index is -2.96. The highest BCUT2D eigenvalue weighted by molar-refractivity contribution is 8.05. The van der Waals surface area contributed by atoms with Crippen molar-refractivity contribution in [2.45, 2.75) is 22.4 Å². The Kier molecular flexibility index (Phi) is 6.42. The number of benzene rings is 1. The van der Waals surface area contributed by atoms with Crippen LogP contribution in [0.5, 0.6) is 0 Å². The molecule has 0 fully saturated rings. The average Bonchev–Trinajstić information content (AvgIpc) is 3.51. The lowest BCUT2D eigenvalue weighted by molar-refractivity contribution is -0.136. The number of aliphatic carboxylic acids is 1. The number of fused-ring (bicyclic) bond motifs is 1. The summed E-state index contributed by atoms with van der Waals surface area (Å²) >= 11 is 3.09. The number of thiophene rings is 1. The van der Waals surface area contributed by atoms with E-state index in [2.05, 4.69) is 16.4 Å². The van der Waals surface area contributed by atoms with Crippen LogP contribution < -0.4 is 9.62 Å². The van der Waals surface area contributed by atoms with Crippen LogP contribution in [-0.2, 0) is 19.7 Å². The van der Waals surface area contributed by atoms with Crippen LogP contribution in [0.15, 0.2) is 57.1 Å². The molecule has 0 spiro atoms. The SMILES string of the molecule is COC[SH](=O)(c1cccs1)N(C)c1cccc2cc(C3NC(CCC(=O)O)=CS3)[nH]c12. The fourth-order valence-electron chi connectivity index (χ4n) is 3.60. The molecule has 1 unspecified atom stereocenters. The summed E-state index contributed by atoms with van der Waals surface area (Å²) in [6.07, 6.45) is 0.583. The second-order valence-electron chi connectivity index (χ2n) is 7.26. The number of thiol groups is 1. The Hall–Kier alpha value is -2.27. The molecule has 0 saturated carbocycles. The molecule has 1 atom stereocenters.